The molecule has 0 radical (unpaired) electrons. The van der Waals surface area contributed by atoms with E-state index in [1.807, 2.05) is 30.3 Å². The van der Waals surface area contributed by atoms with Crippen LogP contribution < -0.4 is 16.4 Å². The number of aliphatic imine (C=N–C) groups is 1. The molecule has 180 valence electrons. The highest BCUT2D eigenvalue weighted by Gasteiger charge is 2.17. The van der Waals surface area contributed by atoms with Gasteiger partial charge in [0.25, 0.3) is 0 Å². The zero-order chi connectivity index (χ0) is 22.8. The molecule has 9 heteroatoms. The lowest BCUT2D eigenvalue weighted by Gasteiger charge is -2.33. The fourth-order valence-electron chi connectivity index (χ4n) is 4.20. The normalized spacial score (nSPS) is 16.6. The summed E-state index contributed by atoms with van der Waals surface area (Å²) in [6, 6.07) is 12.6. The Bertz CT molecular complexity index is 919. The summed E-state index contributed by atoms with van der Waals surface area (Å²) in [7, 11) is 1.79. The third-order valence-corrected chi connectivity index (χ3v) is 6.07. The van der Waals surface area contributed by atoms with Crippen LogP contribution in [-0.2, 0) is 6.42 Å². The van der Waals surface area contributed by atoms with Crippen LogP contribution in [0.15, 0.2) is 35.3 Å². The van der Waals surface area contributed by atoms with Gasteiger partial charge in [0.05, 0.1) is 11.4 Å². The first-order valence-corrected chi connectivity index (χ1v) is 11.7. The van der Waals surface area contributed by atoms with Crippen molar-refractivity contribution in [2.45, 2.75) is 51.5 Å². The molecule has 1 fully saturated rings. The number of piperidine rings is 1. The molecule has 0 bridgehead atoms. The quantitative estimate of drug-likeness (QED) is 0.187. The number of halogens is 1. The Kier molecular flexibility index (Phi) is 11.5. The summed E-state index contributed by atoms with van der Waals surface area (Å²) in [5.41, 5.74) is 8.23. The maximum atomic E-state index is 9.54. The van der Waals surface area contributed by atoms with E-state index in [-0.39, 0.29) is 24.0 Å². The molecule has 3 rings (SSSR count). The standard InChI is InChI=1S/C24H36N8.HI/c1-19-10-6-7-16-31(19)17-9-15-29-24(27-2)28-14-8-13-22-21(18-25)23(26)32(30-22)20-11-4-3-5-12-20;/h3-5,11-12,19H,6-10,13-17,26H2,1-2H3,(H2,27,28,29);1H. The monoisotopic (exact) mass is 564 g/mol. The Morgan fingerprint density at radius 1 is 1.21 bits per heavy atom. The van der Waals surface area contributed by atoms with Crippen LogP contribution in [0.1, 0.15) is 50.3 Å². The maximum Gasteiger partial charge on any atom is 0.190 e. The zero-order valence-electron chi connectivity index (χ0n) is 19.8. The Labute approximate surface area is 214 Å². The highest BCUT2D eigenvalue weighted by Crippen LogP contribution is 2.21. The van der Waals surface area contributed by atoms with Crippen molar-refractivity contribution in [3.8, 4) is 11.8 Å². The van der Waals surface area contributed by atoms with E-state index in [9.17, 15) is 5.26 Å². The Morgan fingerprint density at radius 2 is 1.94 bits per heavy atom. The molecule has 1 aromatic carbocycles. The van der Waals surface area contributed by atoms with Crippen LogP contribution >= 0.6 is 24.0 Å². The number of likely N-dealkylation sites (tertiary alicyclic amines) is 1. The number of aromatic nitrogens is 2. The summed E-state index contributed by atoms with van der Waals surface area (Å²) < 4.78 is 1.64. The van der Waals surface area contributed by atoms with Gasteiger partial charge in [0.2, 0.25) is 0 Å². The summed E-state index contributed by atoms with van der Waals surface area (Å²) >= 11 is 0. The predicted molar refractivity (Wildman–Crippen MR) is 145 cm³/mol. The fourth-order valence-corrected chi connectivity index (χ4v) is 4.20. The molecule has 1 atom stereocenters. The molecule has 1 aliphatic heterocycles. The van der Waals surface area contributed by atoms with E-state index in [4.69, 9.17) is 5.73 Å². The molecule has 1 aromatic heterocycles. The topological polar surface area (TPSA) is 107 Å². The Hall–Kier alpha value is -2.32. The van der Waals surface area contributed by atoms with Crippen molar-refractivity contribution in [3.63, 3.8) is 0 Å². The molecule has 0 amide bonds. The summed E-state index contributed by atoms with van der Waals surface area (Å²) in [6.45, 7) is 6.34. The largest absolute Gasteiger partial charge is 0.382 e. The molecule has 1 saturated heterocycles. The van der Waals surface area contributed by atoms with Crippen LogP contribution in [-0.4, -0.2) is 59.9 Å². The molecule has 0 aliphatic carbocycles. The molecule has 0 spiro atoms. The van der Waals surface area contributed by atoms with Gasteiger partial charge in [-0.2, -0.15) is 10.4 Å². The lowest BCUT2D eigenvalue weighted by molar-refractivity contribution is 0.159. The minimum Gasteiger partial charge on any atom is -0.382 e. The molecular formula is C24H37IN8. The number of hydrogen-bond donors (Lipinski definition) is 3. The number of guanidine groups is 1. The number of aryl methyl sites for hydroxylation is 1. The SMILES string of the molecule is CN=C(NCCCc1nn(-c2ccccc2)c(N)c1C#N)NCCCN1CCCCC1C.I. The van der Waals surface area contributed by atoms with Gasteiger partial charge in [-0.15, -0.1) is 24.0 Å². The highest BCUT2D eigenvalue weighted by molar-refractivity contribution is 14.0. The number of nitrogen functional groups attached to an aromatic ring is 1. The number of hydrogen-bond acceptors (Lipinski definition) is 5. The third kappa shape index (κ3) is 7.61. The fraction of sp³-hybridized carbons (Fsp3) is 0.542. The summed E-state index contributed by atoms with van der Waals surface area (Å²) in [5, 5.41) is 20.9. The number of nitrogens with zero attached hydrogens (tertiary/aromatic N) is 5. The van der Waals surface area contributed by atoms with Crippen molar-refractivity contribution in [3.05, 3.63) is 41.6 Å². The number of nitrogens with one attached hydrogen (secondary N) is 2. The average molecular weight is 565 g/mol. The lowest BCUT2D eigenvalue weighted by Crippen LogP contribution is -2.41. The van der Waals surface area contributed by atoms with Gasteiger partial charge in [-0.25, -0.2) is 4.68 Å². The van der Waals surface area contributed by atoms with E-state index in [1.54, 1.807) is 11.7 Å². The summed E-state index contributed by atoms with van der Waals surface area (Å²) in [5.74, 6) is 1.20. The van der Waals surface area contributed by atoms with Crippen LogP contribution in [0.2, 0.25) is 0 Å². The molecule has 0 saturated carbocycles. The first-order valence-electron chi connectivity index (χ1n) is 11.7. The number of para-hydroxylation sites is 1. The van der Waals surface area contributed by atoms with Gasteiger partial charge in [0.1, 0.15) is 17.5 Å². The van der Waals surface area contributed by atoms with Crippen molar-refractivity contribution >= 4 is 35.8 Å². The van der Waals surface area contributed by atoms with Crippen LogP contribution in [0.5, 0.6) is 0 Å². The van der Waals surface area contributed by atoms with E-state index in [1.165, 1.54) is 25.8 Å². The van der Waals surface area contributed by atoms with Crippen LogP contribution in [0.3, 0.4) is 0 Å². The maximum absolute atomic E-state index is 9.54. The van der Waals surface area contributed by atoms with E-state index < -0.39 is 0 Å². The first kappa shape index (κ1) is 26.9. The average Bonchev–Trinajstić information content (AvgIpc) is 3.14. The van der Waals surface area contributed by atoms with Gasteiger partial charge < -0.3 is 21.3 Å². The lowest BCUT2D eigenvalue weighted by atomic mass is 10.0. The molecule has 33 heavy (non-hydrogen) atoms. The van der Waals surface area contributed by atoms with Crippen LogP contribution in [0.25, 0.3) is 5.69 Å². The van der Waals surface area contributed by atoms with Crippen LogP contribution in [0.4, 0.5) is 5.82 Å². The summed E-state index contributed by atoms with van der Waals surface area (Å²) in [4.78, 5) is 6.90. The van der Waals surface area contributed by atoms with Gasteiger partial charge in [-0.3, -0.25) is 4.99 Å². The van der Waals surface area contributed by atoms with E-state index >= 15 is 0 Å². The van der Waals surface area contributed by atoms with E-state index in [0.717, 1.165) is 49.8 Å². The predicted octanol–water partition coefficient (Wildman–Crippen LogP) is 3.31. The molecule has 8 nitrogen and oxygen atoms in total. The van der Waals surface area contributed by atoms with Gasteiger partial charge in [-0.1, -0.05) is 24.6 Å². The second-order valence-corrected chi connectivity index (χ2v) is 8.33. The number of nitriles is 1. The number of nitrogens with two attached hydrogens (primary N) is 1. The number of rotatable bonds is 9. The van der Waals surface area contributed by atoms with E-state index in [0.29, 0.717) is 23.8 Å². The molecule has 2 heterocycles. The minimum absolute atomic E-state index is 0. The van der Waals surface area contributed by atoms with Gasteiger partial charge >= 0.3 is 0 Å². The highest BCUT2D eigenvalue weighted by atomic mass is 127. The second kappa shape index (κ2) is 14.1. The molecule has 1 aliphatic rings. The van der Waals surface area contributed by atoms with Gasteiger partial charge in [-0.05, 0) is 57.7 Å². The smallest absolute Gasteiger partial charge is 0.190 e. The number of benzene rings is 1. The van der Waals surface area contributed by atoms with E-state index in [2.05, 4.69) is 38.6 Å². The molecular weight excluding hydrogens is 527 g/mol. The Balaban J connectivity index is 0.00000385. The van der Waals surface area contributed by atoms with Crippen molar-refractivity contribution in [2.24, 2.45) is 4.99 Å². The zero-order valence-corrected chi connectivity index (χ0v) is 22.1. The van der Waals surface area contributed by atoms with Crippen molar-refractivity contribution in [1.29, 1.82) is 5.26 Å². The molecule has 1 unspecified atom stereocenters. The van der Waals surface area contributed by atoms with Crippen LogP contribution in [0, 0.1) is 11.3 Å². The van der Waals surface area contributed by atoms with Gasteiger partial charge in [0, 0.05) is 32.7 Å². The first-order chi connectivity index (χ1) is 15.6. The molecule has 4 N–H and O–H groups in total. The van der Waals surface area contributed by atoms with Crippen molar-refractivity contribution < 1.29 is 0 Å². The van der Waals surface area contributed by atoms with Crippen molar-refractivity contribution in [1.82, 2.24) is 25.3 Å². The minimum atomic E-state index is 0. The second-order valence-electron chi connectivity index (χ2n) is 8.33. The van der Waals surface area contributed by atoms with Crippen molar-refractivity contribution in [2.75, 3.05) is 39.0 Å². The third-order valence-electron chi connectivity index (χ3n) is 6.07. The van der Waals surface area contributed by atoms with Gasteiger partial charge in [0.15, 0.2) is 5.96 Å². The Morgan fingerprint density at radius 3 is 2.61 bits per heavy atom. The number of anilines is 1. The molecule has 2 aromatic rings. The summed E-state index contributed by atoms with van der Waals surface area (Å²) in [6.07, 6.45) is 6.60.